The molecule has 1 aliphatic heterocycles. The second kappa shape index (κ2) is 6.64. The number of carbonyl (C=O) groups excluding carboxylic acids is 1. The second-order valence-corrected chi connectivity index (χ2v) is 7.55. The maximum absolute atomic E-state index is 12.5. The molecule has 3 nitrogen and oxygen atoms in total. The van der Waals surface area contributed by atoms with E-state index in [1.807, 2.05) is 16.3 Å². The molecule has 0 aromatic carbocycles. The van der Waals surface area contributed by atoms with Crippen molar-refractivity contribution in [1.29, 1.82) is 0 Å². The number of nitrogens with zero attached hydrogens (tertiary/aromatic N) is 1. The van der Waals surface area contributed by atoms with Gasteiger partial charge in [0.25, 0.3) is 5.91 Å². The van der Waals surface area contributed by atoms with Crippen molar-refractivity contribution in [3.8, 4) is 11.8 Å². The SMILES string of the molecule is CC(C)(C)C1CCN(C(=O)c2csc(C#CCN)c2)CC1. The van der Waals surface area contributed by atoms with Gasteiger partial charge in [-0.05, 0) is 30.2 Å². The van der Waals surface area contributed by atoms with Crippen molar-refractivity contribution in [1.82, 2.24) is 4.90 Å². The van der Waals surface area contributed by atoms with Crippen LogP contribution in [0.2, 0.25) is 0 Å². The van der Waals surface area contributed by atoms with Crippen LogP contribution in [0.25, 0.3) is 0 Å². The van der Waals surface area contributed by atoms with Gasteiger partial charge in [0.15, 0.2) is 0 Å². The summed E-state index contributed by atoms with van der Waals surface area (Å²) in [5.41, 5.74) is 6.46. The molecule has 0 radical (unpaired) electrons. The van der Waals surface area contributed by atoms with Gasteiger partial charge in [-0.15, -0.1) is 11.3 Å². The topological polar surface area (TPSA) is 46.3 Å². The minimum atomic E-state index is 0.138. The van der Waals surface area contributed by atoms with Gasteiger partial charge in [0.05, 0.1) is 17.0 Å². The van der Waals surface area contributed by atoms with E-state index in [1.54, 1.807) is 0 Å². The van der Waals surface area contributed by atoms with Crippen LogP contribution in [0.5, 0.6) is 0 Å². The highest BCUT2D eigenvalue weighted by Gasteiger charge is 2.30. The number of nitrogens with two attached hydrogens (primary N) is 1. The molecule has 2 N–H and O–H groups in total. The maximum atomic E-state index is 12.5. The minimum absolute atomic E-state index is 0.138. The first-order valence-corrected chi connectivity index (χ1v) is 8.36. The first-order chi connectivity index (χ1) is 9.91. The lowest BCUT2D eigenvalue weighted by Gasteiger charge is -2.38. The fourth-order valence-electron chi connectivity index (χ4n) is 2.78. The lowest BCUT2D eigenvalue weighted by Crippen LogP contribution is -2.41. The molecule has 1 fully saturated rings. The quantitative estimate of drug-likeness (QED) is 0.811. The van der Waals surface area contributed by atoms with Gasteiger partial charge in [-0.25, -0.2) is 0 Å². The van der Waals surface area contributed by atoms with Gasteiger partial charge in [0.1, 0.15) is 0 Å². The molecular weight excluding hydrogens is 280 g/mol. The Kier molecular flexibility index (Phi) is 5.08. The van der Waals surface area contributed by atoms with Crippen LogP contribution in [-0.2, 0) is 0 Å². The molecule has 1 aromatic rings. The first kappa shape index (κ1) is 16.1. The van der Waals surface area contributed by atoms with Crippen molar-refractivity contribution in [3.63, 3.8) is 0 Å². The molecule has 0 saturated carbocycles. The summed E-state index contributed by atoms with van der Waals surface area (Å²) >= 11 is 1.51. The zero-order chi connectivity index (χ0) is 15.5. The zero-order valence-corrected chi connectivity index (χ0v) is 13.9. The minimum Gasteiger partial charge on any atom is -0.339 e. The number of carbonyl (C=O) groups is 1. The molecule has 2 rings (SSSR count). The van der Waals surface area contributed by atoms with Gasteiger partial charge in [-0.1, -0.05) is 32.6 Å². The summed E-state index contributed by atoms with van der Waals surface area (Å²) in [7, 11) is 0. The molecule has 0 atom stereocenters. The molecule has 1 aromatic heterocycles. The average molecular weight is 304 g/mol. The number of hydrogen-bond donors (Lipinski definition) is 1. The molecule has 1 amide bonds. The van der Waals surface area contributed by atoms with Crippen molar-refractivity contribution >= 4 is 17.2 Å². The van der Waals surface area contributed by atoms with Crippen LogP contribution in [0, 0.1) is 23.2 Å². The third-order valence-corrected chi connectivity index (χ3v) is 5.01. The molecule has 0 spiro atoms. The molecule has 21 heavy (non-hydrogen) atoms. The van der Waals surface area contributed by atoms with Crippen molar-refractivity contribution < 1.29 is 4.79 Å². The molecule has 0 aliphatic carbocycles. The number of piperidine rings is 1. The normalized spacial score (nSPS) is 16.5. The molecule has 0 bridgehead atoms. The van der Waals surface area contributed by atoms with Crippen LogP contribution in [0.3, 0.4) is 0 Å². The summed E-state index contributed by atoms with van der Waals surface area (Å²) in [4.78, 5) is 15.4. The van der Waals surface area contributed by atoms with Gasteiger partial charge >= 0.3 is 0 Å². The number of likely N-dealkylation sites (tertiary alicyclic amines) is 1. The maximum Gasteiger partial charge on any atom is 0.254 e. The largest absolute Gasteiger partial charge is 0.339 e. The number of amides is 1. The highest BCUT2D eigenvalue weighted by atomic mass is 32.1. The van der Waals surface area contributed by atoms with Gasteiger partial charge in [0, 0.05) is 18.5 Å². The van der Waals surface area contributed by atoms with Crippen LogP contribution in [-0.4, -0.2) is 30.4 Å². The van der Waals surface area contributed by atoms with Crippen LogP contribution in [0.15, 0.2) is 11.4 Å². The van der Waals surface area contributed by atoms with E-state index in [-0.39, 0.29) is 5.91 Å². The molecule has 4 heteroatoms. The summed E-state index contributed by atoms with van der Waals surface area (Å²) in [6, 6.07) is 1.88. The van der Waals surface area contributed by atoms with Crippen LogP contribution >= 0.6 is 11.3 Å². The Balaban J connectivity index is 1.97. The molecule has 1 saturated heterocycles. The number of rotatable bonds is 1. The number of hydrogen-bond acceptors (Lipinski definition) is 3. The molecule has 114 valence electrons. The Morgan fingerprint density at radius 1 is 1.43 bits per heavy atom. The van der Waals surface area contributed by atoms with Crippen molar-refractivity contribution in [2.75, 3.05) is 19.6 Å². The molecule has 2 heterocycles. The fraction of sp³-hybridized carbons (Fsp3) is 0.588. The van der Waals surface area contributed by atoms with E-state index in [4.69, 9.17) is 5.73 Å². The predicted molar refractivity (Wildman–Crippen MR) is 88.3 cm³/mol. The van der Waals surface area contributed by atoms with E-state index in [2.05, 4.69) is 32.6 Å². The third-order valence-electron chi connectivity index (χ3n) is 4.17. The van der Waals surface area contributed by atoms with Crippen molar-refractivity contribution in [3.05, 3.63) is 21.9 Å². The van der Waals surface area contributed by atoms with Crippen LogP contribution in [0.1, 0.15) is 48.8 Å². The standard InChI is InChI=1S/C17H24N2OS/c1-17(2,3)14-6-9-19(10-7-14)16(20)13-11-15(21-12-13)5-4-8-18/h11-12,14H,6-10,18H2,1-3H3. The summed E-state index contributed by atoms with van der Waals surface area (Å²) in [5.74, 6) is 6.65. The summed E-state index contributed by atoms with van der Waals surface area (Å²) < 4.78 is 0. The number of thiophene rings is 1. The highest BCUT2D eigenvalue weighted by Crippen LogP contribution is 2.34. The van der Waals surface area contributed by atoms with Crippen LogP contribution in [0.4, 0.5) is 0 Å². The second-order valence-electron chi connectivity index (χ2n) is 6.64. The first-order valence-electron chi connectivity index (χ1n) is 7.48. The Hall–Kier alpha value is -1.31. The van der Waals surface area contributed by atoms with E-state index in [1.165, 1.54) is 11.3 Å². The summed E-state index contributed by atoms with van der Waals surface area (Å²) in [6.07, 6.45) is 2.19. The van der Waals surface area contributed by atoms with Crippen LogP contribution < -0.4 is 5.73 Å². The monoisotopic (exact) mass is 304 g/mol. The van der Waals surface area contributed by atoms with E-state index < -0.39 is 0 Å². The van der Waals surface area contributed by atoms with Gasteiger partial charge in [-0.3, -0.25) is 4.79 Å². The van der Waals surface area contributed by atoms with Gasteiger partial charge < -0.3 is 10.6 Å². The zero-order valence-electron chi connectivity index (χ0n) is 13.1. The Labute approximate surface area is 131 Å². The predicted octanol–water partition coefficient (Wildman–Crippen LogP) is 2.96. The van der Waals surface area contributed by atoms with E-state index >= 15 is 0 Å². The smallest absolute Gasteiger partial charge is 0.254 e. The Morgan fingerprint density at radius 2 is 2.10 bits per heavy atom. The Bertz CT molecular complexity index is 551. The third kappa shape index (κ3) is 4.09. The van der Waals surface area contributed by atoms with E-state index in [9.17, 15) is 4.79 Å². The average Bonchev–Trinajstić information content (AvgIpc) is 2.92. The lowest BCUT2D eigenvalue weighted by atomic mass is 9.75. The lowest BCUT2D eigenvalue weighted by molar-refractivity contribution is 0.0609. The summed E-state index contributed by atoms with van der Waals surface area (Å²) in [5, 5.41) is 1.90. The van der Waals surface area contributed by atoms with Crippen molar-refractivity contribution in [2.24, 2.45) is 17.1 Å². The van der Waals surface area contributed by atoms with Gasteiger partial charge in [-0.2, -0.15) is 0 Å². The fourth-order valence-corrected chi connectivity index (χ4v) is 3.53. The van der Waals surface area contributed by atoms with Gasteiger partial charge in [0.2, 0.25) is 0 Å². The molecule has 0 unspecified atom stereocenters. The van der Waals surface area contributed by atoms with E-state index in [0.29, 0.717) is 17.9 Å². The molecule has 1 aliphatic rings. The molecular formula is C17H24N2OS. The van der Waals surface area contributed by atoms with E-state index in [0.717, 1.165) is 36.4 Å². The highest BCUT2D eigenvalue weighted by molar-refractivity contribution is 7.10. The Morgan fingerprint density at radius 3 is 2.67 bits per heavy atom. The van der Waals surface area contributed by atoms with Crippen molar-refractivity contribution in [2.45, 2.75) is 33.6 Å². The summed E-state index contributed by atoms with van der Waals surface area (Å²) in [6.45, 7) is 8.94.